The smallest absolute Gasteiger partial charge is 0.257 e. The Hall–Kier alpha value is -3.37. The van der Waals surface area contributed by atoms with Crippen molar-refractivity contribution in [2.75, 3.05) is 39.4 Å². The van der Waals surface area contributed by atoms with Gasteiger partial charge in [-0.05, 0) is 50.1 Å². The molecule has 5 rings (SSSR count). The Morgan fingerprint density at radius 1 is 0.943 bits per heavy atom. The third-order valence-electron chi connectivity index (χ3n) is 6.43. The predicted molar refractivity (Wildman–Crippen MR) is 130 cm³/mol. The SMILES string of the molecule is Cc1cc(C)c(S(=O)(=O)N2CCN(C(=O)c3cn[nH]c3-c3ccc4c(c3)OCCO4)CC2)c(C)c1. The van der Waals surface area contributed by atoms with Crippen molar-refractivity contribution >= 4 is 15.9 Å². The summed E-state index contributed by atoms with van der Waals surface area (Å²) in [5.41, 5.74) is 4.30. The molecule has 0 saturated carbocycles. The van der Waals surface area contributed by atoms with Crippen LogP contribution in [0.1, 0.15) is 27.0 Å². The summed E-state index contributed by atoms with van der Waals surface area (Å²) in [7, 11) is -3.65. The first-order valence-corrected chi connectivity index (χ1v) is 13.0. The lowest BCUT2D eigenvalue weighted by atomic mass is 10.1. The highest BCUT2D eigenvalue weighted by Crippen LogP contribution is 2.35. The van der Waals surface area contributed by atoms with E-state index < -0.39 is 10.0 Å². The first kappa shape index (κ1) is 23.4. The maximum atomic E-state index is 13.4. The molecular formula is C25H28N4O5S. The molecule has 3 heterocycles. The van der Waals surface area contributed by atoms with E-state index in [1.807, 2.05) is 51.1 Å². The Kier molecular flexibility index (Phi) is 6.02. The lowest BCUT2D eigenvalue weighted by Gasteiger charge is -2.34. The summed E-state index contributed by atoms with van der Waals surface area (Å²) in [6.45, 7) is 7.65. The third-order valence-corrected chi connectivity index (χ3v) is 8.63. The maximum absolute atomic E-state index is 13.4. The number of sulfonamides is 1. The van der Waals surface area contributed by atoms with E-state index in [1.165, 1.54) is 10.5 Å². The lowest BCUT2D eigenvalue weighted by molar-refractivity contribution is 0.0698. The zero-order valence-electron chi connectivity index (χ0n) is 20.0. The van der Waals surface area contributed by atoms with Gasteiger partial charge in [-0.15, -0.1) is 0 Å². The molecule has 1 aromatic heterocycles. The summed E-state index contributed by atoms with van der Waals surface area (Å²) in [6.07, 6.45) is 1.51. The molecule has 1 N–H and O–H groups in total. The van der Waals surface area contributed by atoms with Crippen LogP contribution in [0.4, 0.5) is 0 Å². The normalized spacial score (nSPS) is 16.4. The Bertz CT molecular complexity index is 1370. The van der Waals surface area contributed by atoms with Gasteiger partial charge < -0.3 is 14.4 Å². The number of amides is 1. The highest BCUT2D eigenvalue weighted by Gasteiger charge is 2.33. The highest BCUT2D eigenvalue weighted by atomic mass is 32.2. The monoisotopic (exact) mass is 496 g/mol. The summed E-state index contributed by atoms with van der Waals surface area (Å²) >= 11 is 0. The van der Waals surface area contributed by atoms with Crippen LogP contribution in [0.5, 0.6) is 11.5 Å². The molecule has 0 unspecified atom stereocenters. The van der Waals surface area contributed by atoms with Crippen molar-refractivity contribution in [2.24, 2.45) is 0 Å². The number of hydrogen-bond donors (Lipinski definition) is 1. The molecule has 0 bridgehead atoms. The van der Waals surface area contributed by atoms with Crippen molar-refractivity contribution in [1.29, 1.82) is 0 Å². The molecule has 0 spiro atoms. The minimum atomic E-state index is -3.65. The molecular weight excluding hydrogens is 468 g/mol. The van der Waals surface area contributed by atoms with E-state index in [0.717, 1.165) is 22.3 Å². The van der Waals surface area contributed by atoms with Crippen LogP contribution in [0, 0.1) is 20.8 Å². The van der Waals surface area contributed by atoms with E-state index in [2.05, 4.69) is 10.2 Å². The number of nitrogens with one attached hydrogen (secondary N) is 1. The number of carbonyl (C=O) groups is 1. The number of H-pyrrole nitrogens is 1. The van der Waals surface area contributed by atoms with Crippen molar-refractivity contribution in [3.63, 3.8) is 0 Å². The van der Waals surface area contributed by atoms with Gasteiger partial charge in [-0.1, -0.05) is 17.7 Å². The predicted octanol–water partition coefficient (Wildman–Crippen LogP) is 2.92. The van der Waals surface area contributed by atoms with Gasteiger partial charge in [0.25, 0.3) is 5.91 Å². The van der Waals surface area contributed by atoms with Gasteiger partial charge in [0.05, 0.1) is 22.3 Å². The second kappa shape index (κ2) is 9.01. The van der Waals surface area contributed by atoms with Crippen LogP contribution in [0.3, 0.4) is 0 Å². The number of ether oxygens (including phenoxy) is 2. The maximum Gasteiger partial charge on any atom is 0.257 e. The van der Waals surface area contributed by atoms with Crippen LogP contribution in [-0.4, -0.2) is 73.1 Å². The number of hydrogen-bond acceptors (Lipinski definition) is 6. The number of benzene rings is 2. The molecule has 35 heavy (non-hydrogen) atoms. The number of aromatic nitrogens is 2. The largest absolute Gasteiger partial charge is 0.486 e. The van der Waals surface area contributed by atoms with E-state index in [1.54, 1.807) is 4.90 Å². The van der Waals surface area contributed by atoms with Gasteiger partial charge >= 0.3 is 0 Å². The molecule has 10 heteroatoms. The fourth-order valence-corrected chi connectivity index (χ4v) is 6.71. The van der Waals surface area contributed by atoms with Gasteiger partial charge in [-0.25, -0.2) is 8.42 Å². The van der Waals surface area contributed by atoms with Gasteiger partial charge in [-0.2, -0.15) is 9.40 Å². The number of aromatic amines is 1. The minimum Gasteiger partial charge on any atom is -0.486 e. The number of aryl methyl sites for hydroxylation is 3. The Balaban J connectivity index is 1.33. The summed E-state index contributed by atoms with van der Waals surface area (Å²) in [5.74, 6) is 1.11. The molecule has 184 valence electrons. The van der Waals surface area contributed by atoms with Crippen LogP contribution >= 0.6 is 0 Å². The number of rotatable bonds is 4. The molecule has 1 amide bonds. The second-order valence-electron chi connectivity index (χ2n) is 8.94. The van der Waals surface area contributed by atoms with Crippen LogP contribution in [0.2, 0.25) is 0 Å². The molecule has 0 radical (unpaired) electrons. The fourth-order valence-electron chi connectivity index (χ4n) is 4.87. The zero-order valence-corrected chi connectivity index (χ0v) is 20.8. The Labute approximate surface area is 204 Å². The number of nitrogens with zero attached hydrogens (tertiary/aromatic N) is 3. The van der Waals surface area contributed by atoms with E-state index in [9.17, 15) is 13.2 Å². The molecule has 2 aromatic carbocycles. The Morgan fingerprint density at radius 2 is 1.60 bits per heavy atom. The molecule has 1 saturated heterocycles. The van der Waals surface area contributed by atoms with Gasteiger partial charge in [0.15, 0.2) is 11.5 Å². The molecule has 0 atom stereocenters. The van der Waals surface area contributed by atoms with Crippen molar-refractivity contribution in [2.45, 2.75) is 25.7 Å². The highest BCUT2D eigenvalue weighted by molar-refractivity contribution is 7.89. The minimum absolute atomic E-state index is 0.191. The van der Waals surface area contributed by atoms with Crippen LogP contribution in [0.25, 0.3) is 11.3 Å². The Morgan fingerprint density at radius 3 is 2.29 bits per heavy atom. The van der Waals surface area contributed by atoms with Crippen molar-refractivity contribution in [3.8, 4) is 22.8 Å². The number of carbonyl (C=O) groups excluding carboxylic acids is 1. The molecule has 9 nitrogen and oxygen atoms in total. The molecule has 3 aromatic rings. The van der Waals surface area contributed by atoms with Gasteiger partial charge in [0.1, 0.15) is 13.2 Å². The second-order valence-corrected chi connectivity index (χ2v) is 10.8. The number of piperazine rings is 1. The first-order chi connectivity index (χ1) is 16.8. The quantitative estimate of drug-likeness (QED) is 0.596. The lowest BCUT2D eigenvalue weighted by Crippen LogP contribution is -2.50. The summed E-state index contributed by atoms with van der Waals surface area (Å²) < 4.78 is 39.5. The average molecular weight is 497 g/mol. The van der Waals surface area contributed by atoms with Gasteiger partial charge in [-0.3, -0.25) is 9.89 Å². The van der Waals surface area contributed by atoms with Crippen molar-refractivity contribution in [3.05, 3.63) is 58.8 Å². The van der Waals surface area contributed by atoms with E-state index in [4.69, 9.17) is 9.47 Å². The van der Waals surface area contributed by atoms with Crippen LogP contribution < -0.4 is 9.47 Å². The fraction of sp³-hybridized carbons (Fsp3) is 0.360. The molecule has 2 aliphatic rings. The van der Waals surface area contributed by atoms with Crippen LogP contribution in [0.15, 0.2) is 41.4 Å². The van der Waals surface area contributed by atoms with Gasteiger partial charge in [0, 0.05) is 31.7 Å². The number of fused-ring (bicyclic) bond motifs is 1. The molecule has 2 aliphatic heterocycles. The van der Waals surface area contributed by atoms with Crippen LogP contribution in [-0.2, 0) is 10.0 Å². The average Bonchev–Trinajstić information content (AvgIpc) is 3.32. The van der Waals surface area contributed by atoms with E-state index >= 15 is 0 Å². The summed E-state index contributed by atoms with van der Waals surface area (Å²) in [5, 5.41) is 7.02. The molecule has 1 fully saturated rings. The van der Waals surface area contributed by atoms with E-state index in [0.29, 0.717) is 54.0 Å². The third kappa shape index (κ3) is 4.28. The zero-order chi connectivity index (χ0) is 24.7. The topological polar surface area (TPSA) is 105 Å². The van der Waals surface area contributed by atoms with Crippen molar-refractivity contribution < 1.29 is 22.7 Å². The summed E-state index contributed by atoms with van der Waals surface area (Å²) in [4.78, 5) is 15.4. The first-order valence-electron chi connectivity index (χ1n) is 11.6. The van der Waals surface area contributed by atoms with Crippen molar-refractivity contribution in [1.82, 2.24) is 19.4 Å². The summed E-state index contributed by atoms with van der Waals surface area (Å²) in [6, 6.07) is 9.28. The standard InChI is InChI=1S/C25H28N4O5S/c1-16-12-17(2)24(18(3)13-16)35(31,32)29-8-6-28(7-9-29)25(30)20-15-26-27-23(20)19-4-5-21-22(14-19)34-11-10-33-21/h4-5,12-15H,6-11H2,1-3H3,(H,26,27). The van der Waals surface area contributed by atoms with E-state index in [-0.39, 0.29) is 19.0 Å². The molecule has 0 aliphatic carbocycles. The van der Waals surface area contributed by atoms with Gasteiger partial charge in [0.2, 0.25) is 10.0 Å².